The zero-order chi connectivity index (χ0) is 16.9. The number of hydrogen-bond acceptors (Lipinski definition) is 3. The molecule has 1 saturated carbocycles. The molecule has 1 aliphatic rings. The molecule has 0 radical (unpaired) electrons. The van der Waals surface area contributed by atoms with Gasteiger partial charge in [0.2, 0.25) is 0 Å². The first-order valence-corrected chi connectivity index (χ1v) is 8.11. The van der Waals surface area contributed by atoms with Gasteiger partial charge in [0, 0.05) is 22.9 Å². The van der Waals surface area contributed by atoms with E-state index < -0.39 is 0 Å². The van der Waals surface area contributed by atoms with Crippen molar-refractivity contribution in [2.24, 2.45) is 0 Å². The van der Waals surface area contributed by atoms with Gasteiger partial charge in [-0.05, 0) is 68.3 Å². The summed E-state index contributed by atoms with van der Waals surface area (Å²) in [7, 11) is 0. The van der Waals surface area contributed by atoms with Crippen molar-refractivity contribution >= 4 is 17.5 Å². The van der Waals surface area contributed by atoms with Crippen molar-refractivity contribution in [1.29, 1.82) is 0 Å². The molecule has 1 aliphatic carbocycles. The summed E-state index contributed by atoms with van der Waals surface area (Å²) in [5, 5.41) is 5.75. The van der Waals surface area contributed by atoms with Gasteiger partial charge >= 0.3 is 0 Å². The minimum atomic E-state index is -0.215. The standard InChI is InChI=1S/C19H20N2O3/c1-2-24-17-11-9-16(10-12-17)21-19(23)14-5-3-13(4-6-14)18(22)20-15-7-8-15/h3-6,9-12,15H,2,7-8H2,1H3,(H,20,22)(H,21,23). The van der Waals surface area contributed by atoms with Crippen LogP contribution in [0.15, 0.2) is 48.5 Å². The number of amides is 2. The quantitative estimate of drug-likeness (QED) is 0.857. The van der Waals surface area contributed by atoms with E-state index in [0.717, 1.165) is 18.6 Å². The fourth-order valence-electron chi connectivity index (χ4n) is 2.27. The van der Waals surface area contributed by atoms with Crippen molar-refractivity contribution in [3.05, 3.63) is 59.7 Å². The average molecular weight is 324 g/mol. The van der Waals surface area contributed by atoms with E-state index in [2.05, 4.69) is 10.6 Å². The Bertz CT molecular complexity index is 719. The first kappa shape index (κ1) is 16.1. The Hall–Kier alpha value is -2.82. The third kappa shape index (κ3) is 4.13. The van der Waals surface area contributed by atoms with E-state index in [9.17, 15) is 9.59 Å². The Kier molecular flexibility index (Phi) is 4.79. The van der Waals surface area contributed by atoms with Crippen LogP contribution in [0.1, 0.15) is 40.5 Å². The number of anilines is 1. The highest BCUT2D eigenvalue weighted by Crippen LogP contribution is 2.20. The van der Waals surface area contributed by atoms with Gasteiger partial charge in [0.05, 0.1) is 6.61 Å². The smallest absolute Gasteiger partial charge is 0.255 e. The minimum absolute atomic E-state index is 0.0871. The molecular weight excluding hydrogens is 304 g/mol. The molecule has 124 valence electrons. The van der Waals surface area contributed by atoms with Crippen LogP contribution in [0.2, 0.25) is 0 Å². The lowest BCUT2D eigenvalue weighted by Gasteiger charge is -2.08. The minimum Gasteiger partial charge on any atom is -0.494 e. The predicted molar refractivity (Wildman–Crippen MR) is 92.5 cm³/mol. The highest BCUT2D eigenvalue weighted by molar-refractivity contribution is 6.05. The van der Waals surface area contributed by atoms with Gasteiger partial charge in [0.25, 0.3) is 11.8 Å². The molecule has 0 aliphatic heterocycles. The van der Waals surface area contributed by atoms with E-state index in [1.54, 1.807) is 36.4 Å². The first-order valence-electron chi connectivity index (χ1n) is 8.11. The number of carbonyl (C=O) groups is 2. The van der Waals surface area contributed by atoms with Gasteiger partial charge in [-0.2, -0.15) is 0 Å². The number of nitrogens with one attached hydrogen (secondary N) is 2. The summed E-state index contributed by atoms with van der Waals surface area (Å²) in [6.45, 7) is 2.52. The predicted octanol–water partition coefficient (Wildman–Crippen LogP) is 3.23. The summed E-state index contributed by atoms with van der Waals surface area (Å²) in [5.41, 5.74) is 1.77. The van der Waals surface area contributed by atoms with Gasteiger partial charge in [-0.1, -0.05) is 0 Å². The maximum absolute atomic E-state index is 12.3. The van der Waals surface area contributed by atoms with Crippen molar-refractivity contribution in [3.63, 3.8) is 0 Å². The van der Waals surface area contributed by atoms with Crippen LogP contribution in [-0.4, -0.2) is 24.5 Å². The van der Waals surface area contributed by atoms with Gasteiger partial charge in [0.15, 0.2) is 0 Å². The molecule has 2 aromatic carbocycles. The van der Waals surface area contributed by atoms with Gasteiger partial charge in [-0.25, -0.2) is 0 Å². The van der Waals surface area contributed by atoms with Crippen molar-refractivity contribution in [2.45, 2.75) is 25.8 Å². The summed E-state index contributed by atoms with van der Waals surface area (Å²) in [4.78, 5) is 24.2. The van der Waals surface area contributed by atoms with Crippen molar-refractivity contribution in [3.8, 4) is 5.75 Å². The Morgan fingerprint density at radius 2 is 1.54 bits per heavy atom. The van der Waals surface area contributed by atoms with Crippen LogP contribution in [0.25, 0.3) is 0 Å². The lowest BCUT2D eigenvalue weighted by Crippen LogP contribution is -2.25. The van der Waals surface area contributed by atoms with Crippen LogP contribution in [0.4, 0.5) is 5.69 Å². The molecular formula is C19H20N2O3. The SMILES string of the molecule is CCOc1ccc(NC(=O)c2ccc(C(=O)NC3CC3)cc2)cc1. The highest BCUT2D eigenvalue weighted by atomic mass is 16.5. The van der Waals surface area contributed by atoms with Crippen molar-refractivity contribution in [2.75, 3.05) is 11.9 Å². The number of rotatable bonds is 6. The zero-order valence-electron chi connectivity index (χ0n) is 13.5. The molecule has 0 atom stereocenters. The van der Waals surface area contributed by atoms with E-state index in [0.29, 0.717) is 29.5 Å². The van der Waals surface area contributed by atoms with Gasteiger partial charge in [0.1, 0.15) is 5.75 Å². The van der Waals surface area contributed by atoms with E-state index in [-0.39, 0.29) is 11.8 Å². The van der Waals surface area contributed by atoms with Crippen LogP contribution in [-0.2, 0) is 0 Å². The van der Waals surface area contributed by atoms with Crippen LogP contribution < -0.4 is 15.4 Å². The molecule has 1 fully saturated rings. The van der Waals surface area contributed by atoms with E-state index in [4.69, 9.17) is 4.74 Å². The van der Waals surface area contributed by atoms with E-state index >= 15 is 0 Å². The Morgan fingerprint density at radius 1 is 0.958 bits per heavy atom. The fraction of sp³-hybridized carbons (Fsp3) is 0.263. The average Bonchev–Trinajstić information content (AvgIpc) is 3.41. The number of benzene rings is 2. The molecule has 0 saturated heterocycles. The molecule has 0 bridgehead atoms. The summed E-state index contributed by atoms with van der Waals surface area (Å²) in [6, 6.07) is 14.2. The normalized spacial score (nSPS) is 13.2. The molecule has 3 rings (SSSR count). The molecule has 5 heteroatoms. The summed E-state index contributed by atoms with van der Waals surface area (Å²) in [6.07, 6.45) is 2.10. The number of carbonyl (C=O) groups excluding carboxylic acids is 2. The highest BCUT2D eigenvalue weighted by Gasteiger charge is 2.23. The summed E-state index contributed by atoms with van der Waals surface area (Å²) in [5.74, 6) is 0.464. The molecule has 0 heterocycles. The zero-order valence-corrected chi connectivity index (χ0v) is 13.5. The van der Waals surface area contributed by atoms with Crippen LogP contribution >= 0.6 is 0 Å². The third-order valence-corrected chi connectivity index (χ3v) is 3.75. The molecule has 24 heavy (non-hydrogen) atoms. The third-order valence-electron chi connectivity index (χ3n) is 3.75. The topological polar surface area (TPSA) is 67.4 Å². The van der Waals surface area contributed by atoms with Crippen LogP contribution in [0.3, 0.4) is 0 Å². The molecule has 2 amide bonds. The van der Waals surface area contributed by atoms with Crippen LogP contribution in [0, 0.1) is 0 Å². The van der Waals surface area contributed by atoms with E-state index in [1.165, 1.54) is 0 Å². The second-order valence-corrected chi connectivity index (χ2v) is 5.74. The Balaban J connectivity index is 1.60. The molecule has 5 nitrogen and oxygen atoms in total. The lowest BCUT2D eigenvalue weighted by molar-refractivity contribution is 0.0949. The second kappa shape index (κ2) is 7.17. The van der Waals surface area contributed by atoms with Crippen molar-refractivity contribution in [1.82, 2.24) is 5.32 Å². The van der Waals surface area contributed by atoms with Crippen LogP contribution in [0.5, 0.6) is 5.75 Å². The Morgan fingerprint density at radius 3 is 2.08 bits per heavy atom. The summed E-state index contributed by atoms with van der Waals surface area (Å²) >= 11 is 0. The first-order chi connectivity index (χ1) is 11.7. The van der Waals surface area contributed by atoms with E-state index in [1.807, 2.05) is 19.1 Å². The maximum atomic E-state index is 12.3. The largest absolute Gasteiger partial charge is 0.494 e. The van der Waals surface area contributed by atoms with Gasteiger partial charge < -0.3 is 15.4 Å². The van der Waals surface area contributed by atoms with Crippen molar-refractivity contribution < 1.29 is 14.3 Å². The number of hydrogen-bond donors (Lipinski definition) is 2. The fourth-order valence-corrected chi connectivity index (χ4v) is 2.27. The molecule has 0 aromatic heterocycles. The number of ether oxygens (including phenoxy) is 1. The lowest BCUT2D eigenvalue weighted by atomic mass is 10.1. The van der Waals surface area contributed by atoms with Gasteiger partial charge in [-0.15, -0.1) is 0 Å². The monoisotopic (exact) mass is 324 g/mol. The maximum Gasteiger partial charge on any atom is 0.255 e. The molecule has 2 N–H and O–H groups in total. The summed E-state index contributed by atoms with van der Waals surface area (Å²) < 4.78 is 5.37. The second-order valence-electron chi connectivity index (χ2n) is 5.74. The molecule has 0 unspecified atom stereocenters. The molecule has 0 spiro atoms. The van der Waals surface area contributed by atoms with Gasteiger partial charge in [-0.3, -0.25) is 9.59 Å². The Labute approximate surface area is 141 Å². The molecule has 2 aromatic rings.